The minimum absolute atomic E-state index is 0.0729. The molecule has 1 amide bonds. The fourth-order valence-electron chi connectivity index (χ4n) is 2.50. The number of rotatable bonds is 9. The Morgan fingerprint density at radius 2 is 1.95 bits per heavy atom. The van der Waals surface area contributed by atoms with E-state index >= 15 is 0 Å². The summed E-state index contributed by atoms with van der Waals surface area (Å²) in [7, 11) is 0. The van der Waals surface area contributed by atoms with E-state index in [2.05, 4.69) is 18.1 Å². The summed E-state index contributed by atoms with van der Waals surface area (Å²) in [5, 5.41) is 8.68. The van der Waals surface area contributed by atoms with Crippen molar-refractivity contribution in [2.45, 2.75) is 19.3 Å². The number of carboxylic acids is 1. The molecule has 0 aromatic rings. The number of likely N-dealkylation sites (tertiary alicyclic amines) is 1. The highest BCUT2D eigenvalue weighted by Crippen LogP contribution is 2.20. The van der Waals surface area contributed by atoms with Gasteiger partial charge < -0.3 is 10.0 Å². The van der Waals surface area contributed by atoms with Gasteiger partial charge in [-0.15, -0.1) is 13.2 Å². The molecule has 112 valence electrons. The summed E-state index contributed by atoms with van der Waals surface area (Å²) in [6, 6.07) is 0. The fraction of sp³-hybridized carbons (Fsp3) is 0.600. The molecule has 1 fully saturated rings. The van der Waals surface area contributed by atoms with Crippen LogP contribution in [-0.4, -0.2) is 59.5 Å². The third kappa shape index (κ3) is 5.57. The van der Waals surface area contributed by atoms with E-state index in [1.165, 1.54) is 0 Å². The number of nitrogens with zero attached hydrogens (tertiary/aromatic N) is 2. The molecule has 5 nitrogen and oxygen atoms in total. The van der Waals surface area contributed by atoms with E-state index < -0.39 is 5.97 Å². The van der Waals surface area contributed by atoms with Gasteiger partial charge in [0.05, 0.1) is 6.54 Å². The van der Waals surface area contributed by atoms with Crippen LogP contribution >= 0.6 is 0 Å². The van der Waals surface area contributed by atoms with E-state index in [1.54, 1.807) is 17.1 Å². The largest absolute Gasteiger partial charge is 0.481 e. The molecule has 0 spiro atoms. The average molecular weight is 280 g/mol. The third-order valence-corrected chi connectivity index (χ3v) is 3.55. The standard InChI is InChI=1S/C15H24N2O3/c1-3-8-17(9-4-2)14(18)12-16-10-7-13(11-16)5-6-15(19)20/h3-4,13H,1-2,5-12H2,(H,19,20). The van der Waals surface area contributed by atoms with Crippen LogP contribution in [0.5, 0.6) is 0 Å². The van der Waals surface area contributed by atoms with Crippen LogP contribution in [0.15, 0.2) is 25.3 Å². The van der Waals surface area contributed by atoms with E-state index in [-0.39, 0.29) is 12.3 Å². The zero-order valence-corrected chi connectivity index (χ0v) is 12.0. The van der Waals surface area contributed by atoms with Crippen molar-refractivity contribution in [1.29, 1.82) is 0 Å². The second-order valence-corrected chi connectivity index (χ2v) is 5.20. The lowest BCUT2D eigenvalue weighted by Crippen LogP contribution is -2.39. The summed E-state index contributed by atoms with van der Waals surface area (Å²) >= 11 is 0. The normalized spacial score (nSPS) is 18.7. The molecule has 1 atom stereocenters. The van der Waals surface area contributed by atoms with Crippen molar-refractivity contribution in [2.24, 2.45) is 5.92 Å². The molecule has 0 aromatic carbocycles. The number of carbonyl (C=O) groups is 2. The third-order valence-electron chi connectivity index (χ3n) is 3.55. The Hall–Kier alpha value is -1.62. The SMILES string of the molecule is C=CCN(CC=C)C(=O)CN1CCC(CCC(=O)O)C1. The van der Waals surface area contributed by atoms with Crippen molar-refractivity contribution < 1.29 is 14.7 Å². The van der Waals surface area contributed by atoms with Crippen molar-refractivity contribution in [2.75, 3.05) is 32.7 Å². The summed E-state index contributed by atoms with van der Waals surface area (Å²) < 4.78 is 0. The maximum atomic E-state index is 12.1. The summed E-state index contributed by atoms with van der Waals surface area (Å²) in [5.41, 5.74) is 0. The zero-order valence-electron chi connectivity index (χ0n) is 12.0. The first-order valence-corrected chi connectivity index (χ1v) is 7.00. The van der Waals surface area contributed by atoms with Crippen molar-refractivity contribution in [3.63, 3.8) is 0 Å². The van der Waals surface area contributed by atoms with Gasteiger partial charge in [-0.2, -0.15) is 0 Å². The predicted octanol–water partition coefficient (Wildman–Crippen LogP) is 1.37. The summed E-state index contributed by atoms with van der Waals surface area (Å²) in [4.78, 5) is 26.5. The molecule has 1 unspecified atom stereocenters. The molecule has 1 heterocycles. The van der Waals surface area contributed by atoms with Crippen molar-refractivity contribution in [3.8, 4) is 0 Å². The van der Waals surface area contributed by atoms with E-state index in [9.17, 15) is 9.59 Å². The Morgan fingerprint density at radius 1 is 1.30 bits per heavy atom. The maximum Gasteiger partial charge on any atom is 0.303 e. The lowest BCUT2D eigenvalue weighted by Gasteiger charge is -2.23. The highest BCUT2D eigenvalue weighted by Gasteiger charge is 2.25. The number of aliphatic carboxylic acids is 1. The molecular formula is C15H24N2O3. The predicted molar refractivity (Wildman–Crippen MR) is 78.4 cm³/mol. The van der Waals surface area contributed by atoms with Crippen LogP contribution in [0.25, 0.3) is 0 Å². The van der Waals surface area contributed by atoms with Crippen molar-refractivity contribution >= 4 is 11.9 Å². The number of hydrogen-bond acceptors (Lipinski definition) is 3. The van der Waals surface area contributed by atoms with Crippen molar-refractivity contribution in [1.82, 2.24) is 9.80 Å². The Labute approximate surface area is 120 Å². The van der Waals surface area contributed by atoms with E-state index in [0.29, 0.717) is 32.0 Å². The molecule has 1 N–H and O–H groups in total. The molecule has 1 rings (SSSR count). The highest BCUT2D eigenvalue weighted by atomic mass is 16.4. The minimum Gasteiger partial charge on any atom is -0.481 e. The number of amides is 1. The van der Waals surface area contributed by atoms with E-state index in [4.69, 9.17) is 5.11 Å². The smallest absolute Gasteiger partial charge is 0.303 e. The fourth-order valence-corrected chi connectivity index (χ4v) is 2.50. The van der Waals surface area contributed by atoms with Gasteiger partial charge in [0.25, 0.3) is 0 Å². The number of hydrogen-bond donors (Lipinski definition) is 1. The first-order chi connectivity index (χ1) is 9.56. The van der Waals surface area contributed by atoms with Gasteiger partial charge >= 0.3 is 5.97 Å². The highest BCUT2D eigenvalue weighted by molar-refractivity contribution is 5.78. The van der Waals surface area contributed by atoms with Gasteiger partial charge in [0, 0.05) is 26.1 Å². The molecule has 1 aliphatic heterocycles. The lowest BCUT2D eigenvalue weighted by molar-refractivity contribution is -0.137. The van der Waals surface area contributed by atoms with Gasteiger partial charge in [0.15, 0.2) is 0 Å². The Bertz CT molecular complexity index is 358. The van der Waals surface area contributed by atoms with Crippen LogP contribution in [0.2, 0.25) is 0 Å². The van der Waals surface area contributed by atoms with Crippen LogP contribution in [-0.2, 0) is 9.59 Å². The summed E-state index contributed by atoms with van der Waals surface area (Å²) in [6.45, 7) is 10.4. The molecule has 0 saturated carbocycles. The van der Waals surface area contributed by atoms with Gasteiger partial charge in [0.1, 0.15) is 0 Å². The van der Waals surface area contributed by atoms with E-state index in [1.807, 2.05) is 0 Å². The van der Waals surface area contributed by atoms with Gasteiger partial charge in [0.2, 0.25) is 5.91 Å². The molecule has 1 saturated heterocycles. The van der Waals surface area contributed by atoms with Crippen LogP contribution < -0.4 is 0 Å². The van der Waals surface area contributed by atoms with Gasteiger partial charge in [-0.1, -0.05) is 12.2 Å². The maximum absolute atomic E-state index is 12.1. The lowest BCUT2D eigenvalue weighted by atomic mass is 10.0. The molecule has 0 bridgehead atoms. The molecule has 0 aromatic heterocycles. The van der Waals surface area contributed by atoms with Crippen LogP contribution in [0, 0.1) is 5.92 Å². The van der Waals surface area contributed by atoms with Crippen LogP contribution in [0.1, 0.15) is 19.3 Å². The molecule has 1 aliphatic rings. The first kappa shape index (κ1) is 16.4. The average Bonchev–Trinajstić information content (AvgIpc) is 2.83. The topological polar surface area (TPSA) is 60.9 Å². The molecule has 0 aliphatic carbocycles. The molecular weight excluding hydrogens is 256 g/mol. The Balaban J connectivity index is 2.37. The summed E-state index contributed by atoms with van der Waals surface area (Å²) in [5.74, 6) is -0.280. The molecule has 5 heteroatoms. The Kier molecular flexibility index (Phi) is 7.01. The second-order valence-electron chi connectivity index (χ2n) is 5.20. The zero-order chi connectivity index (χ0) is 15.0. The molecule has 0 radical (unpaired) electrons. The van der Waals surface area contributed by atoms with Gasteiger partial charge in [-0.3, -0.25) is 14.5 Å². The quantitative estimate of drug-likeness (QED) is 0.648. The number of carboxylic acid groups (broad SMARTS) is 1. The molecule has 20 heavy (non-hydrogen) atoms. The minimum atomic E-state index is -0.748. The Morgan fingerprint density at radius 3 is 2.50 bits per heavy atom. The van der Waals surface area contributed by atoms with Gasteiger partial charge in [-0.25, -0.2) is 0 Å². The first-order valence-electron chi connectivity index (χ1n) is 7.00. The van der Waals surface area contributed by atoms with E-state index in [0.717, 1.165) is 19.5 Å². The number of carbonyl (C=O) groups excluding carboxylic acids is 1. The van der Waals surface area contributed by atoms with Crippen LogP contribution in [0.4, 0.5) is 0 Å². The van der Waals surface area contributed by atoms with Gasteiger partial charge in [-0.05, 0) is 25.3 Å². The van der Waals surface area contributed by atoms with Crippen LogP contribution in [0.3, 0.4) is 0 Å². The summed E-state index contributed by atoms with van der Waals surface area (Å²) in [6.07, 6.45) is 5.31. The van der Waals surface area contributed by atoms with Crippen molar-refractivity contribution in [3.05, 3.63) is 25.3 Å². The second kappa shape index (κ2) is 8.53. The monoisotopic (exact) mass is 280 g/mol.